The third-order valence-corrected chi connectivity index (χ3v) is 4.18. The Hall–Kier alpha value is 0.666. The van der Waals surface area contributed by atoms with Crippen LogP contribution in [-0.4, -0.2) is 22.2 Å². The van der Waals surface area contributed by atoms with Crippen LogP contribution in [0.1, 0.15) is 27.2 Å². The van der Waals surface area contributed by atoms with Crippen LogP contribution in [0.25, 0.3) is 0 Å². The second-order valence-corrected chi connectivity index (χ2v) is 5.94. The monoisotopic (exact) mass is 265 g/mol. The smallest absolute Gasteiger partial charge is 0.543 e. The number of carboxylic acid groups (broad SMARTS) is 1. The van der Waals surface area contributed by atoms with Gasteiger partial charge in [0.05, 0.1) is 23.5 Å². The standard InChI is InChI=1S/C10H13NO3S.K/c1-10(2,3)8-7(9(13)14)11-5(12)4-6(11)15-8;/h6H,4H2,1-3H3,(H,13,14);/q;+1/p-1/t6-;/m1./s1. The Kier molecular flexibility index (Phi) is 4.36. The fraction of sp³-hybridized carbons (Fsp3) is 0.600. The van der Waals surface area contributed by atoms with Crippen molar-refractivity contribution >= 4 is 23.6 Å². The maximum atomic E-state index is 11.3. The Morgan fingerprint density at radius 3 is 2.44 bits per heavy atom. The number of allylic oxidation sites excluding steroid dienone is 1. The molecular weight excluding hydrogens is 253 g/mol. The van der Waals surface area contributed by atoms with Crippen molar-refractivity contribution in [2.45, 2.75) is 32.6 Å². The topological polar surface area (TPSA) is 60.4 Å². The van der Waals surface area contributed by atoms with Crippen LogP contribution >= 0.6 is 11.8 Å². The van der Waals surface area contributed by atoms with Crippen molar-refractivity contribution in [3.8, 4) is 0 Å². The first-order valence-corrected chi connectivity index (χ1v) is 5.65. The number of carbonyl (C=O) groups excluding carboxylic acids is 2. The van der Waals surface area contributed by atoms with Gasteiger partial charge in [0.1, 0.15) is 0 Å². The van der Waals surface area contributed by atoms with Crippen LogP contribution in [0.15, 0.2) is 10.6 Å². The molecule has 1 saturated heterocycles. The quantitative estimate of drug-likeness (QED) is 0.382. The van der Waals surface area contributed by atoms with E-state index in [4.69, 9.17) is 0 Å². The Balaban J connectivity index is 0.00000128. The molecule has 2 aliphatic heterocycles. The number of fused-ring (bicyclic) bond motifs is 1. The molecule has 2 heterocycles. The number of hydrogen-bond donors (Lipinski definition) is 0. The van der Waals surface area contributed by atoms with E-state index >= 15 is 0 Å². The molecule has 0 saturated carbocycles. The maximum absolute atomic E-state index is 11.3. The minimum absolute atomic E-state index is 0. The zero-order chi connectivity index (χ0) is 11.4. The molecule has 82 valence electrons. The molecule has 6 heteroatoms. The minimum atomic E-state index is -1.25. The number of rotatable bonds is 1. The Morgan fingerprint density at radius 1 is 1.50 bits per heavy atom. The summed E-state index contributed by atoms with van der Waals surface area (Å²) in [5.41, 5.74) is -0.175. The van der Waals surface area contributed by atoms with Gasteiger partial charge in [0.15, 0.2) is 0 Å². The van der Waals surface area contributed by atoms with E-state index < -0.39 is 5.97 Å². The van der Waals surface area contributed by atoms with Crippen molar-refractivity contribution in [1.29, 1.82) is 0 Å². The van der Waals surface area contributed by atoms with Crippen LogP contribution in [0.5, 0.6) is 0 Å². The first-order valence-electron chi connectivity index (χ1n) is 4.77. The summed E-state index contributed by atoms with van der Waals surface area (Å²) in [7, 11) is 0. The van der Waals surface area contributed by atoms with Crippen LogP contribution in [0.3, 0.4) is 0 Å². The molecule has 0 spiro atoms. The summed E-state index contributed by atoms with van der Waals surface area (Å²) in [6.07, 6.45) is 0.432. The SMILES string of the molecule is CC(C)(C)C1=C(C(=O)[O-])N2C(=O)C[C@H]2S1.[K+]. The van der Waals surface area contributed by atoms with E-state index in [1.165, 1.54) is 16.7 Å². The molecule has 1 atom stereocenters. The number of nitrogens with zero attached hydrogens (tertiary/aromatic N) is 1. The fourth-order valence-electron chi connectivity index (χ4n) is 1.77. The molecule has 0 aromatic heterocycles. The summed E-state index contributed by atoms with van der Waals surface area (Å²) < 4.78 is 0. The summed E-state index contributed by atoms with van der Waals surface area (Å²) in [6.45, 7) is 5.82. The summed E-state index contributed by atoms with van der Waals surface area (Å²) in [5.74, 6) is -1.37. The zero-order valence-corrected chi connectivity index (χ0v) is 13.8. The van der Waals surface area contributed by atoms with E-state index in [-0.39, 0.29) is 73.8 Å². The van der Waals surface area contributed by atoms with E-state index in [2.05, 4.69) is 0 Å². The normalized spacial score (nSPS) is 23.8. The third-order valence-electron chi connectivity index (χ3n) is 2.49. The van der Waals surface area contributed by atoms with Gasteiger partial charge < -0.3 is 9.90 Å². The molecule has 1 fully saturated rings. The molecule has 0 radical (unpaired) electrons. The Morgan fingerprint density at radius 2 is 2.06 bits per heavy atom. The fourth-order valence-corrected chi connectivity index (χ4v) is 3.25. The summed E-state index contributed by atoms with van der Waals surface area (Å²) in [6, 6.07) is 0. The van der Waals surface area contributed by atoms with Crippen LogP contribution in [0.4, 0.5) is 0 Å². The van der Waals surface area contributed by atoms with Gasteiger partial charge in [-0.25, -0.2) is 0 Å². The molecule has 0 aromatic carbocycles. The van der Waals surface area contributed by atoms with Gasteiger partial charge in [0.2, 0.25) is 5.91 Å². The molecule has 2 aliphatic rings. The average molecular weight is 265 g/mol. The van der Waals surface area contributed by atoms with E-state index in [1.54, 1.807) is 0 Å². The molecule has 0 N–H and O–H groups in total. The number of hydrogen-bond acceptors (Lipinski definition) is 4. The van der Waals surface area contributed by atoms with Gasteiger partial charge in [-0.2, -0.15) is 0 Å². The maximum Gasteiger partial charge on any atom is 1.00 e. The predicted octanol–water partition coefficient (Wildman–Crippen LogP) is -2.70. The Bertz CT molecular complexity index is 386. The van der Waals surface area contributed by atoms with Crippen molar-refractivity contribution in [3.05, 3.63) is 10.6 Å². The van der Waals surface area contributed by atoms with Gasteiger partial charge in [-0.3, -0.25) is 9.69 Å². The molecule has 1 amide bonds. The zero-order valence-electron chi connectivity index (χ0n) is 9.86. The number of thioether (sulfide) groups is 1. The van der Waals surface area contributed by atoms with Crippen molar-refractivity contribution < 1.29 is 66.1 Å². The second-order valence-electron chi connectivity index (χ2n) is 4.76. The van der Waals surface area contributed by atoms with Gasteiger partial charge in [0, 0.05) is 4.91 Å². The Labute approximate surface area is 141 Å². The van der Waals surface area contributed by atoms with E-state index in [1.807, 2.05) is 20.8 Å². The second kappa shape index (κ2) is 4.74. The van der Waals surface area contributed by atoms with Gasteiger partial charge >= 0.3 is 51.4 Å². The number of carboxylic acids is 1. The summed E-state index contributed by atoms with van der Waals surface area (Å²) in [4.78, 5) is 24.4. The molecule has 4 nitrogen and oxygen atoms in total. The van der Waals surface area contributed by atoms with Crippen LogP contribution in [-0.2, 0) is 9.59 Å². The summed E-state index contributed by atoms with van der Waals surface area (Å²) in [5, 5.41) is 11.0. The van der Waals surface area contributed by atoms with E-state index in [0.29, 0.717) is 6.42 Å². The molecule has 0 bridgehead atoms. The molecular formula is C10H12KNO3S. The largest absolute Gasteiger partial charge is 1.00 e. The third kappa shape index (κ3) is 2.28. The van der Waals surface area contributed by atoms with Gasteiger partial charge in [-0.05, 0) is 5.41 Å². The summed E-state index contributed by atoms with van der Waals surface area (Å²) >= 11 is 1.47. The number of β-lactam (4-membered cyclic amide) rings is 1. The first-order chi connectivity index (χ1) is 6.82. The van der Waals surface area contributed by atoms with Crippen LogP contribution in [0.2, 0.25) is 0 Å². The van der Waals surface area contributed by atoms with Gasteiger partial charge in [0.25, 0.3) is 0 Å². The van der Waals surface area contributed by atoms with Crippen molar-refractivity contribution in [2.24, 2.45) is 5.41 Å². The minimum Gasteiger partial charge on any atom is -0.543 e. The van der Waals surface area contributed by atoms with Crippen molar-refractivity contribution in [3.63, 3.8) is 0 Å². The number of aliphatic carboxylic acids is 1. The molecule has 0 aromatic rings. The molecule has 0 unspecified atom stereocenters. The first kappa shape index (κ1) is 14.7. The van der Waals surface area contributed by atoms with Crippen molar-refractivity contribution in [2.75, 3.05) is 0 Å². The predicted molar refractivity (Wildman–Crippen MR) is 54.3 cm³/mol. The molecule has 0 aliphatic carbocycles. The van der Waals surface area contributed by atoms with Crippen LogP contribution in [0, 0.1) is 5.41 Å². The number of carbonyl (C=O) groups is 2. The van der Waals surface area contributed by atoms with Crippen molar-refractivity contribution in [1.82, 2.24) is 4.90 Å². The average Bonchev–Trinajstić information content (AvgIpc) is 2.36. The van der Waals surface area contributed by atoms with E-state index in [0.717, 1.165) is 4.91 Å². The van der Waals surface area contributed by atoms with E-state index in [9.17, 15) is 14.7 Å². The molecule has 2 rings (SSSR count). The van der Waals surface area contributed by atoms with Gasteiger partial charge in [-0.15, -0.1) is 11.8 Å². The molecule has 16 heavy (non-hydrogen) atoms. The van der Waals surface area contributed by atoms with Gasteiger partial charge in [-0.1, -0.05) is 20.8 Å². The van der Waals surface area contributed by atoms with Crippen LogP contribution < -0.4 is 56.5 Å². The number of amides is 1.